The summed E-state index contributed by atoms with van der Waals surface area (Å²) < 4.78 is 6.12. The molecule has 0 aromatic carbocycles. The van der Waals surface area contributed by atoms with E-state index in [-0.39, 0.29) is 0 Å². The fourth-order valence-corrected chi connectivity index (χ4v) is 0.971. The molecule has 1 aromatic rings. The zero-order valence-corrected chi connectivity index (χ0v) is 8.83. The predicted molar refractivity (Wildman–Crippen MR) is 54.7 cm³/mol. The summed E-state index contributed by atoms with van der Waals surface area (Å²) in [5.74, 6) is 0. The lowest BCUT2D eigenvalue weighted by molar-refractivity contribution is 0.287. The van der Waals surface area contributed by atoms with Crippen LogP contribution in [-0.2, 0) is 0 Å². The summed E-state index contributed by atoms with van der Waals surface area (Å²) >= 11 is 3.24. The number of hydrogen-bond acceptors (Lipinski definition) is 3. The molecular weight excluding hydrogens is 232 g/mol. The lowest BCUT2D eigenvalue weighted by Gasteiger charge is -2.01. The maximum Gasteiger partial charge on any atom is 0.316 e. The van der Waals surface area contributed by atoms with Gasteiger partial charge in [0.05, 0.1) is 11.1 Å². The van der Waals surface area contributed by atoms with E-state index in [1.807, 2.05) is 6.08 Å². The summed E-state index contributed by atoms with van der Waals surface area (Å²) in [6.07, 6.45) is 7.09. The van der Waals surface area contributed by atoms with Gasteiger partial charge in [-0.25, -0.2) is 9.97 Å². The highest BCUT2D eigenvalue weighted by Gasteiger charge is 1.95. The molecule has 0 aliphatic heterocycles. The number of rotatable bonds is 5. The molecule has 0 radical (unpaired) electrons. The van der Waals surface area contributed by atoms with Crippen molar-refractivity contribution in [3.05, 3.63) is 29.5 Å². The first-order valence-electron chi connectivity index (χ1n) is 4.04. The molecule has 4 heteroatoms. The number of unbranched alkanes of at least 4 members (excludes halogenated alkanes) is 1. The van der Waals surface area contributed by atoms with Gasteiger partial charge in [0.25, 0.3) is 0 Å². The molecule has 0 saturated heterocycles. The Bertz CT molecular complexity index is 261. The molecule has 0 aliphatic carbocycles. The highest BCUT2D eigenvalue weighted by molar-refractivity contribution is 9.10. The number of aromatic nitrogens is 2. The van der Waals surface area contributed by atoms with Crippen molar-refractivity contribution in [2.24, 2.45) is 0 Å². The first-order valence-corrected chi connectivity index (χ1v) is 4.83. The lowest BCUT2D eigenvalue weighted by atomic mass is 10.3. The van der Waals surface area contributed by atoms with E-state index in [1.54, 1.807) is 12.4 Å². The fourth-order valence-electron chi connectivity index (χ4n) is 0.766. The van der Waals surface area contributed by atoms with Gasteiger partial charge in [0.1, 0.15) is 0 Å². The van der Waals surface area contributed by atoms with Crippen molar-refractivity contribution in [1.29, 1.82) is 0 Å². The fraction of sp³-hybridized carbons (Fsp3) is 0.333. The van der Waals surface area contributed by atoms with Crippen molar-refractivity contribution in [1.82, 2.24) is 9.97 Å². The van der Waals surface area contributed by atoms with Crippen LogP contribution in [0.3, 0.4) is 0 Å². The van der Waals surface area contributed by atoms with Crippen LogP contribution in [0.5, 0.6) is 6.01 Å². The Kier molecular flexibility index (Phi) is 4.46. The second-order valence-corrected chi connectivity index (χ2v) is 3.38. The zero-order chi connectivity index (χ0) is 9.52. The Labute approximate surface area is 86.0 Å². The monoisotopic (exact) mass is 242 g/mol. The van der Waals surface area contributed by atoms with Crippen LogP contribution in [0.2, 0.25) is 0 Å². The van der Waals surface area contributed by atoms with Crippen LogP contribution in [-0.4, -0.2) is 16.6 Å². The van der Waals surface area contributed by atoms with E-state index in [1.165, 1.54) is 0 Å². The molecule has 0 amide bonds. The predicted octanol–water partition coefficient (Wildman–Crippen LogP) is 2.58. The van der Waals surface area contributed by atoms with Gasteiger partial charge in [-0.15, -0.1) is 6.58 Å². The summed E-state index contributed by atoms with van der Waals surface area (Å²) in [7, 11) is 0. The maximum atomic E-state index is 5.27. The van der Waals surface area contributed by atoms with Gasteiger partial charge in [-0.1, -0.05) is 6.08 Å². The van der Waals surface area contributed by atoms with Gasteiger partial charge >= 0.3 is 6.01 Å². The van der Waals surface area contributed by atoms with Gasteiger partial charge in [0, 0.05) is 12.4 Å². The van der Waals surface area contributed by atoms with Crippen molar-refractivity contribution in [2.45, 2.75) is 12.8 Å². The molecule has 0 atom stereocenters. The number of allylic oxidation sites excluding steroid dienone is 1. The SMILES string of the molecule is C=CCCCOc1ncc(Br)cn1. The molecule has 0 unspecified atom stereocenters. The van der Waals surface area contributed by atoms with Gasteiger partial charge in [-0.3, -0.25) is 0 Å². The van der Waals surface area contributed by atoms with Crippen molar-refractivity contribution in [2.75, 3.05) is 6.61 Å². The molecule has 0 N–H and O–H groups in total. The molecule has 70 valence electrons. The van der Waals surface area contributed by atoms with Crippen molar-refractivity contribution >= 4 is 15.9 Å². The molecule has 1 heterocycles. The van der Waals surface area contributed by atoms with Crippen LogP contribution in [0.25, 0.3) is 0 Å². The van der Waals surface area contributed by atoms with E-state index in [0.717, 1.165) is 17.3 Å². The molecule has 0 aliphatic rings. The Morgan fingerprint density at radius 2 is 2.15 bits per heavy atom. The Hall–Kier alpha value is -0.900. The first-order chi connectivity index (χ1) is 6.33. The van der Waals surface area contributed by atoms with Crippen LogP contribution in [0.1, 0.15) is 12.8 Å². The third-order valence-electron chi connectivity index (χ3n) is 1.38. The van der Waals surface area contributed by atoms with Gasteiger partial charge < -0.3 is 4.74 Å². The van der Waals surface area contributed by atoms with Crippen LogP contribution in [0.4, 0.5) is 0 Å². The summed E-state index contributed by atoms with van der Waals surface area (Å²) in [6.45, 7) is 4.26. The van der Waals surface area contributed by atoms with E-state index in [0.29, 0.717) is 12.6 Å². The van der Waals surface area contributed by atoms with Crippen LogP contribution in [0, 0.1) is 0 Å². The van der Waals surface area contributed by atoms with E-state index in [2.05, 4.69) is 32.5 Å². The molecule has 0 saturated carbocycles. The Morgan fingerprint density at radius 1 is 1.46 bits per heavy atom. The van der Waals surface area contributed by atoms with E-state index in [4.69, 9.17) is 4.74 Å². The minimum absolute atomic E-state index is 0.423. The van der Waals surface area contributed by atoms with Gasteiger partial charge in [0.2, 0.25) is 0 Å². The Morgan fingerprint density at radius 3 is 2.77 bits per heavy atom. The summed E-state index contributed by atoms with van der Waals surface area (Å²) in [4.78, 5) is 7.94. The molecule has 1 aromatic heterocycles. The molecule has 0 bridgehead atoms. The van der Waals surface area contributed by atoms with Crippen molar-refractivity contribution in [3.63, 3.8) is 0 Å². The third-order valence-corrected chi connectivity index (χ3v) is 1.79. The zero-order valence-electron chi connectivity index (χ0n) is 7.24. The van der Waals surface area contributed by atoms with Crippen LogP contribution >= 0.6 is 15.9 Å². The molecule has 0 fully saturated rings. The second kappa shape index (κ2) is 5.70. The summed E-state index contributed by atoms with van der Waals surface area (Å²) in [6, 6.07) is 0.423. The topological polar surface area (TPSA) is 35.0 Å². The lowest BCUT2D eigenvalue weighted by Crippen LogP contribution is -2.00. The van der Waals surface area contributed by atoms with Crippen molar-refractivity contribution in [3.8, 4) is 6.01 Å². The Balaban J connectivity index is 2.28. The normalized spacial score (nSPS) is 9.62. The molecule has 0 spiro atoms. The molecular formula is C9H11BrN2O. The van der Waals surface area contributed by atoms with E-state index < -0.39 is 0 Å². The number of ether oxygens (including phenoxy) is 1. The van der Waals surface area contributed by atoms with Gasteiger partial charge in [0.15, 0.2) is 0 Å². The highest BCUT2D eigenvalue weighted by Crippen LogP contribution is 2.08. The number of nitrogens with zero attached hydrogens (tertiary/aromatic N) is 2. The first kappa shape index (κ1) is 10.2. The maximum absolute atomic E-state index is 5.27. The van der Waals surface area contributed by atoms with Crippen LogP contribution in [0.15, 0.2) is 29.5 Å². The van der Waals surface area contributed by atoms with E-state index >= 15 is 0 Å². The number of halogens is 1. The summed E-state index contributed by atoms with van der Waals surface area (Å²) in [5, 5.41) is 0. The second-order valence-electron chi connectivity index (χ2n) is 2.46. The quantitative estimate of drug-likeness (QED) is 0.588. The van der Waals surface area contributed by atoms with Gasteiger partial charge in [-0.05, 0) is 28.8 Å². The minimum Gasteiger partial charge on any atom is -0.463 e. The van der Waals surface area contributed by atoms with E-state index in [9.17, 15) is 0 Å². The molecule has 13 heavy (non-hydrogen) atoms. The smallest absolute Gasteiger partial charge is 0.316 e. The minimum atomic E-state index is 0.423. The molecule has 1 rings (SSSR count). The largest absolute Gasteiger partial charge is 0.463 e. The average Bonchev–Trinajstić information content (AvgIpc) is 2.15. The van der Waals surface area contributed by atoms with Gasteiger partial charge in [-0.2, -0.15) is 0 Å². The average molecular weight is 243 g/mol. The van der Waals surface area contributed by atoms with Crippen LogP contribution < -0.4 is 4.74 Å². The summed E-state index contributed by atoms with van der Waals surface area (Å²) in [5.41, 5.74) is 0. The van der Waals surface area contributed by atoms with Crippen molar-refractivity contribution < 1.29 is 4.74 Å². The highest BCUT2D eigenvalue weighted by atomic mass is 79.9. The number of hydrogen-bond donors (Lipinski definition) is 0. The standard InChI is InChI=1S/C9H11BrN2O/c1-2-3-4-5-13-9-11-6-8(10)7-12-9/h2,6-7H,1,3-5H2. The molecule has 3 nitrogen and oxygen atoms in total. The third kappa shape index (κ3) is 4.03.